The first kappa shape index (κ1) is 21.9. The SMILES string of the molecule is O=P(c1ccccc1)(c1ccccc1)c1nc(-c2ccccc2F)oc1NCc1ccccc1. The van der Waals surface area contributed by atoms with Crippen molar-refractivity contribution in [3.8, 4) is 11.5 Å². The summed E-state index contributed by atoms with van der Waals surface area (Å²) in [5.74, 6) is -0.118. The molecule has 0 fully saturated rings. The largest absolute Gasteiger partial charge is 0.420 e. The van der Waals surface area contributed by atoms with E-state index in [1.807, 2.05) is 91.0 Å². The summed E-state index contributed by atoms with van der Waals surface area (Å²) < 4.78 is 35.6. The summed E-state index contributed by atoms with van der Waals surface area (Å²) >= 11 is 0. The third-order valence-corrected chi connectivity index (χ3v) is 8.50. The second-order valence-electron chi connectivity index (χ2n) is 7.77. The highest BCUT2D eigenvalue weighted by Crippen LogP contribution is 2.45. The molecule has 0 aliphatic carbocycles. The number of aromatic nitrogens is 1. The van der Waals surface area contributed by atoms with Crippen molar-refractivity contribution in [1.29, 1.82) is 0 Å². The number of halogens is 1. The van der Waals surface area contributed by atoms with Crippen LogP contribution in [0.3, 0.4) is 0 Å². The quantitative estimate of drug-likeness (QED) is 0.310. The highest BCUT2D eigenvalue weighted by Gasteiger charge is 2.37. The molecule has 0 saturated carbocycles. The third kappa shape index (κ3) is 4.18. The molecule has 34 heavy (non-hydrogen) atoms. The van der Waals surface area contributed by atoms with Crippen LogP contribution in [0, 0.1) is 5.82 Å². The minimum Gasteiger partial charge on any atom is -0.420 e. The maximum atomic E-state index is 14.9. The standard InChI is InChI=1S/C28H22FN2O2P/c29-25-19-11-10-18-24(25)26-31-28(27(33-26)30-20-21-12-4-1-5-13-21)34(32,22-14-6-2-7-15-22)23-16-8-3-9-17-23/h1-19,30H,20H2. The molecule has 4 nitrogen and oxygen atoms in total. The van der Waals surface area contributed by atoms with Crippen molar-refractivity contribution in [3.05, 3.63) is 127 Å². The first-order valence-corrected chi connectivity index (χ1v) is 12.6. The van der Waals surface area contributed by atoms with Crippen molar-refractivity contribution in [2.45, 2.75) is 6.54 Å². The normalized spacial score (nSPS) is 11.3. The molecule has 0 unspecified atom stereocenters. The minimum atomic E-state index is -3.44. The van der Waals surface area contributed by atoms with E-state index in [2.05, 4.69) is 10.3 Å². The molecule has 6 heteroatoms. The molecule has 5 rings (SSSR count). The second kappa shape index (κ2) is 9.50. The van der Waals surface area contributed by atoms with Crippen molar-refractivity contribution < 1.29 is 13.4 Å². The van der Waals surface area contributed by atoms with Gasteiger partial charge in [-0.25, -0.2) is 9.37 Å². The molecule has 1 aromatic heterocycles. The average molecular weight is 468 g/mol. The Morgan fingerprint density at radius 3 is 1.85 bits per heavy atom. The van der Waals surface area contributed by atoms with Gasteiger partial charge in [0.1, 0.15) is 5.82 Å². The van der Waals surface area contributed by atoms with E-state index in [4.69, 9.17) is 4.42 Å². The Bertz CT molecular complexity index is 1390. The van der Waals surface area contributed by atoms with E-state index in [0.717, 1.165) is 5.56 Å². The third-order valence-electron chi connectivity index (χ3n) is 5.55. The zero-order valence-electron chi connectivity index (χ0n) is 18.3. The zero-order valence-corrected chi connectivity index (χ0v) is 19.2. The lowest BCUT2D eigenvalue weighted by Gasteiger charge is -2.18. The Labute approximate surface area is 197 Å². The molecule has 0 atom stereocenters. The molecule has 0 aliphatic rings. The Hall–Kier alpha value is -3.95. The smallest absolute Gasteiger partial charge is 0.232 e. The van der Waals surface area contributed by atoms with Crippen LogP contribution in [0.4, 0.5) is 10.3 Å². The highest BCUT2D eigenvalue weighted by atomic mass is 31.2. The molecular formula is C28H22FN2O2P. The molecule has 0 radical (unpaired) electrons. The van der Waals surface area contributed by atoms with Gasteiger partial charge < -0.3 is 14.3 Å². The maximum absolute atomic E-state index is 14.9. The summed E-state index contributed by atoms with van der Waals surface area (Å²) in [6.07, 6.45) is 0. The maximum Gasteiger partial charge on any atom is 0.232 e. The molecule has 0 bridgehead atoms. The van der Waals surface area contributed by atoms with Gasteiger partial charge in [0.15, 0.2) is 12.6 Å². The topological polar surface area (TPSA) is 55.1 Å². The lowest BCUT2D eigenvalue weighted by atomic mass is 10.2. The van der Waals surface area contributed by atoms with E-state index < -0.39 is 13.0 Å². The van der Waals surface area contributed by atoms with E-state index in [1.54, 1.807) is 18.2 Å². The van der Waals surface area contributed by atoms with Gasteiger partial charge in [-0.2, -0.15) is 0 Å². The van der Waals surface area contributed by atoms with E-state index in [-0.39, 0.29) is 22.8 Å². The molecule has 0 amide bonds. The van der Waals surface area contributed by atoms with Crippen LogP contribution in [0.2, 0.25) is 0 Å². The summed E-state index contributed by atoms with van der Waals surface area (Å²) in [7, 11) is -3.44. The second-order valence-corrected chi connectivity index (χ2v) is 10.4. The van der Waals surface area contributed by atoms with Crippen molar-refractivity contribution in [1.82, 2.24) is 4.98 Å². The monoisotopic (exact) mass is 468 g/mol. The highest BCUT2D eigenvalue weighted by molar-refractivity contribution is 7.85. The van der Waals surface area contributed by atoms with Gasteiger partial charge in [0, 0.05) is 17.2 Å². The Kier molecular flexibility index (Phi) is 6.11. The predicted molar refractivity (Wildman–Crippen MR) is 135 cm³/mol. The van der Waals surface area contributed by atoms with Gasteiger partial charge in [0.2, 0.25) is 11.8 Å². The van der Waals surface area contributed by atoms with Gasteiger partial charge in [-0.3, -0.25) is 0 Å². The van der Waals surface area contributed by atoms with Crippen molar-refractivity contribution in [2.24, 2.45) is 0 Å². The molecule has 0 spiro atoms. The lowest BCUT2D eigenvalue weighted by Crippen LogP contribution is -2.27. The summed E-state index contributed by atoms with van der Waals surface area (Å²) in [6.45, 7) is 0.434. The Balaban J connectivity index is 1.70. The van der Waals surface area contributed by atoms with Gasteiger partial charge >= 0.3 is 0 Å². The van der Waals surface area contributed by atoms with Crippen LogP contribution in [0.1, 0.15) is 5.56 Å². The minimum absolute atomic E-state index is 0.0794. The van der Waals surface area contributed by atoms with Crippen LogP contribution >= 0.6 is 7.14 Å². The number of rotatable bonds is 7. The van der Waals surface area contributed by atoms with Gasteiger partial charge in [-0.1, -0.05) is 103 Å². The van der Waals surface area contributed by atoms with Gasteiger partial charge in [0.25, 0.3) is 0 Å². The first-order chi connectivity index (χ1) is 16.7. The van der Waals surface area contributed by atoms with Crippen LogP contribution in [0.5, 0.6) is 0 Å². The van der Waals surface area contributed by atoms with Crippen molar-refractivity contribution >= 4 is 29.1 Å². The van der Waals surface area contributed by atoms with Crippen molar-refractivity contribution in [2.75, 3.05) is 5.32 Å². The van der Waals surface area contributed by atoms with Crippen LogP contribution in [0.25, 0.3) is 11.5 Å². The fourth-order valence-electron chi connectivity index (χ4n) is 3.84. The summed E-state index contributed by atoms with van der Waals surface area (Å²) in [5, 5.41) is 4.51. The van der Waals surface area contributed by atoms with Gasteiger partial charge in [0.05, 0.1) is 5.56 Å². The predicted octanol–water partition coefficient (Wildman–Crippen LogP) is 5.73. The molecule has 1 N–H and O–H groups in total. The Morgan fingerprint density at radius 1 is 0.735 bits per heavy atom. The van der Waals surface area contributed by atoms with Crippen LogP contribution in [-0.2, 0) is 11.1 Å². The van der Waals surface area contributed by atoms with E-state index in [9.17, 15) is 8.96 Å². The summed E-state index contributed by atoms with van der Waals surface area (Å²) in [5.41, 5.74) is 1.50. The number of anilines is 1. The van der Waals surface area contributed by atoms with Crippen LogP contribution < -0.4 is 21.4 Å². The molecule has 168 valence electrons. The van der Waals surface area contributed by atoms with E-state index in [0.29, 0.717) is 17.2 Å². The van der Waals surface area contributed by atoms with Crippen LogP contribution in [-0.4, -0.2) is 4.98 Å². The number of nitrogens with zero attached hydrogens (tertiary/aromatic N) is 1. The van der Waals surface area contributed by atoms with E-state index in [1.165, 1.54) is 6.07 Å². The molecule has 1 heterocycles. The number of hydrogen-bond acceptors (Lipinski definition) is 4. The number of nitrogens with one attached hydrogen (secondary N) is 1. The van der Waals surface area contributed by atoms with Gasteiger partial charge in [-0.05, 0) is 17.7 Å². The molecular weight excluding hydrogens is 446 g/mol. The fraction of sp³-hybridized carbons (Fsp3) is 0.0357. The number of oxazole rings is 1. The number of benzene rings is 4. The van der Waals surface area contributed by atoms with Gasteiger partial charge in [-0.15, -0.1) is 0 Å². The molecule has 5 aromatic rings. The summed E-state index contributed by atoms with van der Waals surface area (Å²) in [4.78, 5) is 4.65. The lowest BCUT2D eigenvalue weighted by molar-refractivity contribution is 0.571. The van der Waals surface area contributed by atoms with E-state index >= 15 is 0 Å². The zero-order chi connectivity index (χ0) is 23.4. The molecule has 0 aliphatic heterocycles. The first-order valence-electron chi connectivity index (χ1n) is 10.9. The molecule has 4 aromatic carbocycles. The fourth-order valence-corrected chi connectivity index (χ4v) is 6.45. The summed E-state index contributed by atoms with van der Waals surface area (Å²) in [6, 6.07) is 34.5. The number of hydrogen-bond donors (Lipinski definition) is 1. The Morgan fingerprint density at radius 2 is 1.26 bits per heavy atom. The average Bonchev–Trinajstić information content (AvgIpc) is 3.33. The van der Waals surface area contributed by atoms with Crippen LogP contribution in [0.15, 0.2) is 120 Å². The molecule has 0 saturated heterocycles. The van der Waals surface area contributed by atoms with Crippen molar-refractivity contribution in [3.63, 3.8) is 0 Å².